The fourth-order valence-corrected chi connectivity index (χ4v) is 2.40. The highest BCUT2D eigenvalue weighted by molar-refractivity contribution is 6.06. The molecule has 1 aromatic rings. The number of nitrogens with zero attached hydrogens (tertiary/aromatic N) is 1. The molecule has 0 radical (unpaired) electrons. The number of methoxy groups -OCH3 is 1. The van der Waals surface area contributed by atoms with Crippen molar-refractivity contribution in [2.45, 2.75) is 13.3 Å². The standard InChI is InChI=1S/C15H15N3O6/c1-8-13(15(21)24-2)11(7-12(19)16-8)14(20)17-9-3-5-10(6-4-9)18(22)23/h3-6,11H,7H2,1-2H3,(H,16,19)(H,17,20)/t11-/m0/s1. The number of hydrogen-bond donors (Lipinski definition) is 2. The van der Waals surface area contributed by atoms with Crippen LogP contribution >= 0.6 is 0 Å². The molecule has 0 spiro atoms. The van der Waals surface area contributed by atoms with E-state index in [2.05, 4.69) is 15.4 Å². The van der Waals surface area contributed by atoms with Gasteiger partial charge in [-0.15, -0.1) is 0 Å². The fourth-order valence-electron chi connectivity index (χ4n) is 2.40. The average Bonchev–Trinajstić information content (AvgIpc) is 2.53. The van der Waals surface area contributed by atoms with Gasteiger partial charge in [0.05, 0.1) is 23.5 Å². The lowest BCUT2D eigenvalue weighted by atomic mass is 9.89. The number of rotatable bonds is 4. The first-order valence-electron chi connectivity index (χ1n) is 6.97. The van der Waals surface area contributed by atoms with Gasteiger partial charge in [0.25, 0.3) is 5.69 Å². The summed E-state index contributed by atoms with van der Waals surface area (Å²) in [5, 5.41) is 15.7. The SMILES string of the molecule is COC(=O)C1=C(C)NC(=O)C[C@@H]1C(=O)Nc1ccc([N+](=O)[O-])cc1. The van der Waals surface area contributed by atoms with Gasteiger partial charge in [-0.05, 0) is 19.1 Å². The number of nitro benzene ring substituents is 1. The van der Waals surface area contributed by atoms with Crippen molar-refractivity contribution in [2.75, 3.05) is 12.4 Å². The molecular weight excluding hydrogens is 318 g/mol. The molecule has 2 rings (SSSR count). The molecule has 126 valence electrons. The first kappa shape index (κ1) is 17.1. The first-order chi connectivity index (χ1) is 11.3. The first-order valence-corrected chi connectivity index (χ1v) is 6.97. The van der Waals surface area contributed by atoms with Crippen molar-refractivity contribution in [3.8, 4) is 0 Å². The van der Waals surface area contributed by atoms with E-state index in [1.54, 1.807) is 0 Å². The van der Waals surface area contributed by atoms with Crippen LogP contribution in [-0.2, 0) is 19.1 Å². The van der Waals surface area contributed by atoms with Gasteiger partial charge in [-0.1, -0.05) is 0 Å². The van der Waals surface area contributed by atoms with E-state index in [4.69, 9.17) is 0 Å². The Labute approximate surface area is 136 Å². The van der Waals surface area contributed by atoms with Crippen LogP contribution in [0.25, 0.3) is 0 Å². The molecule has 0 unspecified atom stereocenters. The Morgan fingerprint density at radius 3 is 2.50 bits per heavy atom. The molecule has 1 atom stereocenters. The van der Waals surface area contributed by atoms with Crippen LogP contribution < -0.4 is 10.6 Å². The van der Waals surface area contributed by atoms with Crippen LogP contribution in [0.15, 0.2) is 35.5 Å². The number of nitro groups is 1. The van der Waals surface area contributed by atoms with Crippen LogP contribution in [0.4, 0.5) is 11.4 Å². The summed E-state index contributed by atoms with van der Waals surface area (Å²) in [7, 11) is 1.18. The van der Waals surface area contributed by atoms with Crippen molar-refractivity contribution in [1.29, 1.82) is 0 Å². The van der Waals surface area contributed by atoms with Gasteiger partial charge in [0.2, 0.25) is 11.8 Å². The maximum Gasteiger partial charge on any atom is 0.336 e. The van der Waals surface area contributed by atoms with E-state index >= 15 is 0 Å². The largest absolute Gasteiger partial charge is 0.466 e. The van der Waals surface area contributed by atoms with Crippen LogP contribution in [0.1, 0.15) is 13.3 Å². The molecule has 9 nitrogen and oxygen atoms in total. The zero-order valence-electron chi connectivity index (χ0n) is 13.0. The number of nitrogens with one attached hydrogen (secondary N) is 2. The van der Waals surface area contributed by atoms with Crippen molar-refractivity contribution in [3.63, 3.8) is 0 Å². The highest BCUT2D eigenvalue weighted by Gasteiger charge is 2.36. The number of allylic oxidation sites excluding steroid dienone is 1. The second kappa shape index (κ2) is 6.90. The van der Waals surface area contributed by atoms with Gasteiger partial charge in [0.15, 0.2) is 0 Å². The third-order valence-corrected chi connectivity index (χ3v) is 3.54. The van der Waals surface area contributed by atoms with Crippen LogP contribution in [-0.4, -0.2) is 29.8 Å². The molecule has 0 aromatic heterocycles. The lowest BCUT2D eigenvalue weighted by molar-refractivity contribution is -0.384. The second-order valence-corrected chi connectivity index (χ2v) is 5.13. The molecule has 1 aliphatic heterocycles. The molecule has 2 amide bonds. The smallest absolute Gasteiger partial charge is 0.336 e. The van der Waals surface area contributed by atoms with Crippen LogP contribution in [0.3, 0.4) is 0 Å². The number of benzene rings is 1. The summed E-state index contributed by atoms with van der Waals surface area (Å²) >= 11 is 0. The summed E-state index contributed by atoms with van der Waals surface area (Å²) in [5.41, 5.74) is 0.549. The average molecular weight is 333 g/mol. The van der Waals surface area contributed by atoms with E-state index < -0.39 is 22.7 Å². The van der Waals surface area contributed by atoms with Crippen molar-refractivity contribution < 1.29 is 24.0 Å². The molecule has 1 aliphatic rings. The van der Waals surface area contributed by atoms with E-state index in [1.165, 1.54) is 38.3 Å². The summed E-state index contributed by atoms with van der Waals surface area (Å²) in [5.74, 6) is -2.65. The normalized spacial score (nSPS) is 17.1. The van der Waals surface area contributed by atoms with Gasteiger partial charge in [-0.2, -0.15) is 0 Å². The molecule has 0 saturated carbocycles. The molecule has 1 heterocycles. The number of hydrogen-bond acceptors (Lipinski definition) is 6. The minimum Gasteiger partial charge on any atom is -0.466 e. The Bertz CT molecular complexity index is 738. The summed E-state index contributed by atoms with van der Waals surface area (Å²) in [4.78, 5) is 46.1. The fraction of sp³-hybridized carbons (Fsp3) is 0.267. The molecule has 9 heteroatoms. The lowest BCUT2D eigenvalue weighted by Gasteiger charge is -2.25. The number of anilines is 1. The van der Waals surface area contributed by atoms with Crippen molar-refractivity contribution in [1.82, 2.24) is 5.32 Å². The molecular formula is C15H15N3O6. The summed E-state index contributed by atoms with van der Waals surface area (Å²) in [6, 6.07) is 5.22. The lowest BCUT2D eigenvalue weighted by Crippen LogP contribution is -2.40. The van der Waals surface area contributed by atoms with Gasteiger partial charge >= 0.3 is 5.97 Å². The molecule has 0 aliphatic carbocycles. The molecule has 24 heavy (non-hydrogen) atoms. The molecule has 0 fully saturated rings. The van der Waals surface area contributed by atoms with E-state index in [9.17, 15) is 24.5 Å². The van der Waals surface area contributed by atoms with Gasteiger partial charge in [0, 0.05) is 29.9 Å². The van der Waals surface area contributed by atoms with Crippen molar-refractivity contribution in [2.24, 2.45) is 5.92 Å². The zero-order chi connectivity index (χ0) is 17.9. The number of esters is 1. The molecule has 0 bridgehead atoms. The second-order valence-electron chi connectivity index (χ2n) is 5.13. The third kappa shape index (κ3) is 3.57. The highest BCUT2D eigenvalue weighted by atomic mass is 16.6. The van der Waals surface area contributed by atoms with E-state index in [0.29, 0.717) is 5.69 Å². The van der Waals surface area contributed by atoms with Gasteiger partial charge < -0.3 is 15.4 Å². The van der Waals surface area contributed by atoms with E-state index in [0.717, 1.165) is 0 Å². The monoisotopic (exact) mass is 333 g/mol. The number of non-ortho nitro benzene ring substituents is 1. The predicted molar refractivity (Wildman–Crippen MR) is 82.7 cm³/mol. The summed E-state index contributed by atoms with van der Waals surface area (Å²) < 4.78 is 4.66. The Morgan fingerprint density at radius 2 is 1.96 bits per heavy atom. The topological polar surface area (TPSA) is 128 Å². The molecule has 0 saturated heterocycles. The van der Waals surface area contributed by atoms with Crippen LogP contribution in [0, 0.1) is 16.0 Å². The van der Waals surface area contributed by atoms with E-state index in [-0.39, 0.29) is 29.3 Å². The Hall–Kier alpha value is -3.23. The predicted octanol–water partition coefficient (Wildman–Crippen LogP) is 1.12. The quantitative estimate of drug-likeness (QED) is 0.483. The summed E-state index contributed by atoms with van der Waals surface area (Å²) in [6.07, 6.45) is -0.194. The Balaban J connectivity index is 2.23. The maximum absolute atomic E-state index is 12.4. The van der Waals surface area contributed by atoms with Crippen LogP contribution in [0.2, 0.25) is 0 Å². The molecule has 1 aromatic carbocycles. The van der Waals surface area contributed by atoms with Crippen molar-refractivity contribution in [3.05, 3.63) is 45.6 Å². The maximum atomic E-state index is 12.4. The number of carbonyl (C=O) groups is 3. The van der Waals surface area contributed by atoms with Gasteiger partial charge in [0.1, 0.15) is 0 Å². The number of carbonyl (C=O) groups excluding carboxylic acids is 3. The zero-order valence-corrected chi connectivity index (χ0v) is 13.0. The minimum atomic E-state index is -0.999. The number of amides is 2. The molecule has 2 N–H and O–H groups in total. The van der Waals surface area contributed by atoms with Gasteiger partial charge in [-0.3, -0.25) is 19.7 Å². The highest BCUT2D eigenvalue weighted by Crippen LogP contribution is 2.26. The van der Waals surface area contributed by atoms with Crippen molar-refractivity contribution >= 4 is 29.2 Å². The van der Waals surface area contributed by atoms with Gasteiger partial charge in [-0.25, -0.2) is 4.79 Å². The Morgan fingerprint density at radius 1 is 1.33 bits per heavy atom. The minimum absolute atomic E-state index is 0.0801. The summed E-state index contributed by atoms with van der Waals surface area (Å²) in [6.45, 7) is 1.51. The number of ether oxygens (including phenoxy) is 1. The Kier molecular flexibility index (Phi) is 4.93. The van der Waals surface area contributed by atoms with Crippen LogP contribution in [0.5, 0.6) is 0 Å². The van der Waals surface area contributed by atoms with E-state index in [1.807, 2.05) is 0 Å². The third-order valence-electron chi connectivity index (χ3n) is 3.54.